The van der Waals surface area contributed by atoms with Crippen molar-refractivity contribution in [3.63, 3.8) is 0 Å². The zero-order valence-electron chi connectivity index (χ0n) is 9.66. The van der Waals surface area contributed by atoms with Crippen LogP contribution < -0.4 is 0 Å². The van der Waals surface area contributed by atoms with Gasteiger partial charge in [-0.15, -0.1) is 11.3 Å². The Morgan fingerprint density at radius 1 is 1.28 bits per heavy atom. The van der Waals surface area contributed by atoms with Crippen molar-refractivity contribution < 1.29 is 19.8 Å². The Morgan fingerprint density at radius 3 is 2.33 bits per heavy atom. The van der Waals surface area contributed by atoms with E-state index in [4.69, 9.17) is 10.2 Å². The highest BCUT2D eigenvalue weighted by atomic mass is 32.1. The maximum Gasteiger partial charge on any atom is 0.339 e. The molecule has 18 heavy (non-hydrogen) atoms. The predicted octanol–water partition coefficient (Wildman–Crippen LogP) is 2.96. The Labute approximate surface area is 108 Å². The molecule has 2 aromatic rings. The smallest absolute Gasteiger partial charge is 0.339 e. The monoisotopic (exact) mass is 264 g/mol. The van der Waals surface area contributed by atoms with Gasteiger partial charge >= 0.3 is 5.97 Å². The zero-order valence-corrected chi connectivity index (χ0v) is 10.5. The fourth-order valence-electron chi connectivity index (χ4n) is 1.29. The van der Waals surface area contributed by atoms with E-state index in [0.717, 1.165) is 11.2 Å². The second kappa shape index (κ2) is 6.56. The molecule has 0 saturated heterocycles. The molecule has 1 aromatic heterocycles. The van der Waals surface area contributed by atoms with Crippen molar-refractivity contribution in [1.29, 1.82) is 0 Å². The molecule has 0 amide bonds. The van der Waals surface area contributed by atoms with E-state index in [1.807, 2.05) is 11.4 Å². The van der Waals surface area contributed by atoms with Gasteiger partial charge in [0.2, 0.25) is 0 Å². The van der Waals surface area contributed by atoms with E-state index in [1.165, 1.54) is 17.4 Å². The normalized spacial score (nSPS) is 9.17. The minimum Gasteiger partial charge on any atom is -0.507 e. The summed E-state index contributed by atoms with van der Waals surface area (Å²) >= 11 is 1.45. The maximum atomic E-state index is 10.5. The first-order chi connectivity index (χ1) is 8.56. The maximum absolute atomic E-state index is 10.5. The van der Waals surface area contributed by atoms with Crippen LogP contribution in [0, 0.1) is 6.92 Å². The number of phenols is 1. The number of hydrogen-bond donors (Lipinski definition) is 2. The number of thiophene rings is 1. The number of rotatable bonds is 2. The third kappa shape index (κ3) is 3.71. The summed E-state index contributed by atoms with van der Waals surface area (Å²) in [5.74, 6) is -1.28. The summed E-state index contributed by atoms with van der Waals surface area (Å²) in [5, 5.41) is 19.5. The molecular formula is C13H12O4S. The molecule has 0 radical (unpaired) electrons. The lowest BCUT2D eigenvalue weighted by atomic mass is 10.1. The van der Waals surface area contributed by atoms with E-state index in [1.54, 1.807) is 25.1 Å². The summed E-state index contributed by atoms with van der Waals surface area (Å²) in [7, 11) is 0. The van der Waals surface area contributed by atoms with Gasteiger partial charge in [0.15, 0.2) is 6.29 Å². The lowest BCUT2D eigenvalue weighted by Crippen LogP contribution is -1.99. The van der Waals surface area contributed by atoms with Crippen LogP contribution in [-0.4, -0.2) is 22.5 Å². The van der Waals surface area contributed by atoms with Crippen LogP contribution in [0.5, 0.6) is 5.75 Å². The van der Waals surface area contributed by atoms with Crippen LogP contribution in [0.4, 0.5) is 0 Å². The number of aldehydes is 1. The van der Waals surface area contributed by atoms with Crippen molar-refractivity contribution >= 4 is 23.6 Å². The zero-order chi connectivity index (χ0) is 13.5. The molecule has 4 nitrogen and oxygen atoms in total. The lowest BCUT2D eigenvalue weighted by Gasteiger charge is -2.01. The van der Waals surface area contributed by atoms with Crippen LogP contribution in [0.1, 0.15) is 25.6 Å². The Bertz CT molecular complexity index is 512. The first-order valence-corrected chi connectivity index (χ1v) is 5.94. The van der Waals surface area contributed by atoms with E-state index in [0.29, 0.717) is 5.56 Å². The van der Waals surface area contributed by atoms with Crippen molar-refractivity contribution in [2.75, 3.05) is 0 Å². The Kier molecular flexibility index (Phi) is 5.07. The van der Waals surface area contributed by atoms with Crippen LogP contribution in [-0.2, 0) is 0 Å². The first-order valence-electron chi connectivity index (χ1n) is 5.06. The molecule has 0 spiro atoms. The molecule has 0 unspecified atom stereocenters. The van der Waals surface area contributed by atoms with E-state index in [9.17, 15) is 9.59 Å². The topological polar surface area (TPSA) is 74.6 Å². The summed E-state index contributed by atoms with van der Waals surface area (Å²) in [6.45, 7) is 1.64. The number of hydrogen-bond acceptors (Lipinski definition) is 4. The van der Waals surface area contributed by atoms with E-state index in [-0.39, 0.29) is 11.3 Å². The third-order valence-corrected chi connectivity index (χ3v) is 2.92. The van der Waals surface area contributed by atoms with Crippen LogP contribution in [0.15, 0.2) is 35.7 Å². The summed E-state index contributed by atoms with van der Waals surface area (Å²) in [6.07, 6.45) is 0.852. The number of carbonyl (C=O) groups is 2. The standard InChI is InChI=1S/C8H8O3.C5H4OS/c1-5-3-2-4-6(9)7(5)8(10)11;6-4-5-2-1-3-7-5/h2-4,9H,1H3,(H,10,11);1-4H. The molecule has 94 valence electrons. The SMILES string of the molecule is Cc1cccc(O)c1C(=O)O.O=Cc1cccs1. The number of carboxylic acids is 1. The van der Waals surface area contributed by atoms with Gasteiger partial charge in [0.25, 0.3) is 0 Å². The van der Waals surface area contributed by atoms with Crippen LogP contribution in [0.25, 0.3) is 0 Å². The number of benzene rings is 1. The van der Waals surface area contributed by atoms with Gasteiger partial charge in [-0.2, -0.15) is 0 Å². The minimum atomic E-state index is -1.10. The largest absolute Gasteiger partial charge is 0.507 e. The van der Waals surface area contributed by atoms with E-state index >= 15 is 0 Å². The van der Waals surface area contributed by atoms with Gasteiger partial charge in [0.1, 0.15) is 11.3 Å². The van der Waals surface area contributed by atoms with Crippen molar-refractivity contribution in [1.82, 2.24) is 0 Å². The van der Waals surface area contributed by atoms with Crippen molar-refractivity contribution in [2.24, 2.45) is 0 Å². The molecule has 0 aliphatic heterocycles. The van der Waals surface area contributed by atoms with Gasteiger partial charge in [0.05, 0.1) is 4.88 Å². The summed E-state index contributed by atoms with van der Waals surface area (Å²) in [5.41, 5.74) is 0.546. The molecule has 2 N–H and O–H groups in total. The second-order valence-corrected chi connectivity index (χ2v) is 4.39. The highest BCUT2D eigenvalue weighted by Gasteiger charge is 2.10. The van der Waals surface area contributed by atoms with Crippen molar-refractivity contribution in [3.8, 4) is 5.75 Å². The first kappa shape index (κ1) is 13.9. The molecule has 0 aliphatic rings. The van der Waals surface area contributed by atoms with E-state index < -0.39 is 5.97 Å². The molecule has 0 bridgehead atoms. The fourth-order valence-corrected chi connectivity index (χ4v) is 1.82. The molecule has 0 fully saturated rings. The summed E-state index contributed by atoms with van der Waals surface area (Å²) in [4.78, 5) is 21.2. The second-order valence-electron chi connectivity index (χ2n) is 3.41. The Hall–Kier alpha value is -2.14. The van der Waals surface area contributed by atoms with Gasteiger partial charge in [-0.25, -0.2) is 4.79 Å². The van der Waals surface area contributed by atoms with Gasteiger partial charge in [0, 0.05) is 0 Å². The summed E-state index contributed by atoms with van der Waals surface area (Å²) < 4.78 is 0. The number of aromatic carboxylic acids is 1. The predicted molar refractivity (Wildman–Crippen MR) is 69.5 cm³/mol. The van der Waals surface area contributed by atoms with E-state index in [2.05, 4.69) is 0 Å². The van der Waals surface area contributed by atoms with Crippen LogP contribution >= 0.6 is 11.3 Å². The minimum absolute atomic E-state index is 0.0208. The lowest BCUT2D eigenvalue weighted by molar-refractivity contribution is 0.0692. The van der Waals surface area contributed by atoms with Gasteiger partial charge < -0.3 is 10.2 Å². The Morgan fingerprint density at radius 2 is 2.00 bits per heavy atom. The highest BCUT2D eigenvalue weighted by Crippen LogP contribution is 2.19. The average molecular weight is 264 g/mol. The molecule has 0 saturated carbocycles. The van der Waals surface area contributed by atoms with Crippen molar-refractivity contribution in [3.05, 3.63) is 51.7 Å². The quantitative estimate of drug-likeness (QED) is 0.818. The number of aromatic hydroxyl groups is 1. The summed E-state index contributed by atoms with van der Waals surface area (Å²) in [6, 6.07) is 8.25. The van der Waals surface area contributed by atoms with Gasteiger partial charge in [-0.05, 0) is 30.0 Å². The number of aryl methyl sites for hydroxylation is 1. The molecule has 1 heterocycles. The molecule has 5 heteroatoms. The highest BCUT2D eigenvalue weighted by molar-refractivity contribution is 7.11. The van der Waals surface area contributed by atoms with Crippen molar-refractivity contribution in [2.45, 2.75) is 6.92 Å². The average Bonchev–Trinajstić information content (AvgIpc) is 2.81. The number of carbonyl (C=O) groups excluding carboxylic acids is 1. The number of carboxylic acid groups (broad SMARTS) is 1. The fraction of sp³-hybridized carbons (Fsp3) is 0.0769. The molecule has 1 aromatic carbocycles. The molecule has 0 atom stereocenters. The molecule has 2 rings (SSSR count). The van der Waals surface area contributed by atoms with Crippen LogP contribution in [0.2, 0.25) is 0 Å². The molecular weight excluding hydrogens is 252 g/mol. The van der Waals surface area contributed by atoms with Gasteiger partial charge in [-0.3, -0.25) is 4.79 Å². The Balaban J connectivity index is 0.000000199. The van der Waals surface area contributed by atoms with Crippen LogP contribution in [0.3, 0.4) is 0 Å². The third-order valence-electron chi connectivity index (χ3n) is 2.12. The molecule has 0 aliphatic carbocycles. The van der Waals surface area contributed by atoms with Gasteiger partial charge in [-0.1, -0.05) is 18.2 Å².